The van der Waals surface area contributed by atoms with Crippen molar-refractivity contribution in [3.8, 4) is 11.4 Å². The number of methoxy groups -OCH3 is 1. The van der Waals surface area contributed by atoms with E-state index in [-0.39, 0.29) is 24.3 Å². The van der Waals surface area contributed by atoms with Gasteiger partial charge in [0, 0.05) is 23.5 Å². The van der Waals surface area contributed by atoms with Crippen LogP contribution in [0.2, 0.25) is 0 Å². The van der Waals surface area contributed by atoms with Crippen molar-refractivity contribution >= 4 is 17.5 Å². The van der Waals surface area contributed by atoms with Crippen molar-refractivity contribution < 1.29 is 22.6 Å². The van der Waals surface area contributed by atoms with E-state index in [1.807, 2.05) is 23.8 Å². The van der Waals surface area contributed by atoms with Crippen LogP contribution in [0, 0.1) is 6.92 Å². The number of nitrogen functional groups attached to an aromatic ring is 1. The number of rotatable bonds is 8. The molecule has 0 atom stereocenters. The molecule has 1 aliphatic carbocycles. The van der Waals surface area contributed by atoms with Crippen molar-refractivity contribution in [2.45, 2.75) is 38.5 Å². The second kappa shape index (κ2) is 8.65. The van der Waals surface area contributed by atoms with E-state index in [2.05, 4.69) is 20.3 Å². The average molecular weight is 448 g/mol. The number of hydrogen-bond donors (Lipinski definition) is 2. The zero-order valence-electron chi connectivity index (χ0n) is 17.6. The van der Waals surface area contributed by atoms with Crippen LogP contribution in [0.25, 0.3) is 5.69 Å². The number of imidazole rings is 1. The number of hydrogen-bond acceptors (Lipinski definition) is 7. The molecule has 3 N–H and O–H groups in total. The molecule has 2 aromatic heterocycles. The first kappa shape index (κ1) is 21.9. The van der Waals surface area contributed by atoms with Crippen LogP contribution in [0.4, 0.5) is 30.6 Å². The third-order valence-corrected chi connectivity index (χ3v) is 4.97. The Labute approximate surface area is 182 Å². The summed E-state index contributed by atoms with van der Waals surface area (Å²) >= 11 is 0. The van der Waals surface area contributed by atoms with E-state index >= 15 is 0 Å². The normalized spacial score (nSPS) is 13.9. The quantitative estimate of drug-likeness (QED) is 0.531. The van der Waals surface area contributed by atoms with Gasteiger partial charge in [-0.25, -0.2) is 9.97 Å². The summed E-state index contributed by atoms with van der Waals surface area (Å²) in [7, 11) is 1.56. The summed E-state index contributed by atoms with van der Waals surface area (Å²) < 4.78 is 49.7. The van der Waals surface area contributed by atoms with Gasteiger partial charge in [0.2, 0.25) is 5.95 Å². The molecule has 2 heterocycles. The van der Waals surface area contributed by atoms with Gasteiger partial charge in [-0.2, -0.15) is 18.2 Å². The summed E-state index contributed by atoms with van der Waals surface area (Å²) in [4.78, 5) is 12.9. The van der Waals surface area contributed by atoms with Gasteiger partial charge in [0.05, 0.1) is 37.1 Å². The van der Waals surface area contributed by atoms with Crippen LogP contribution in [0.15, 0.2) is 30.7 Å². The van der Waals surface area contributed by atoms with Crippen molar-refractivity contribution in [2.24, 2.45) is 0 Å². The van der Waals surface area contributed by atoms with Crippen LogP contribution in [-0.2, 0) is 11.3 Å². The summed E-state index contributed by atoms with van der Waals surface area (Å²) in [5.41, 5.74) is 9.45. The number of nitrogens with zero attached hydrogens (tertiary/aromatic N) is 4. The second-order valence-electron chi connectivity index (χ2n) is 7.61. The first-order chi connectivity index (χ1) is 15.2. The number of alkyl halides is 3. The Bertz CT molecular complexity index is 1110. The number of nitrogens with one attached hydrogen (secondary N) is 1. The zero-order valence-corrected chi connectivity index (χ0v) is 17.6. The summed E-state index contributed by atoms with van der Waals surface area (Å²) in [6.07, 6.45) is 0.954. The second-order valence-corrected chi connectivity index (χ2v) is 7.61. The lowest BCUT2D eigenvalue weighted by Crippen LogP contribution is -2.18. The van der Waals surface area contributed by atoms with Crippen LogP contribution in [-0.4, -0.2) is 39.4 Å². The van der Waals surface area contributed by atoms with Crippen LogP contribution >= 0.6 is 0 Å². The van der Waals surface area contributed by atoms with E-state index in [0.29, 0.717) is 22.7 Å². The van der Waals surface area contributed by atoms with Crippen LogP contribution in [0.3, 0.4) is 0 Å². The summed E-state index contributed by atoms with van der Waals surface area (Å²) in [6.45, 7) is 0.243. The smallest absolute Gasteiger partial charge is 0.411 e. The van der Waals surface area contributed by atoms with E-state index in [1.165, 1.54) is 0 Å². The van der Waals surface area contributed by atoms with E-state index in [0.717, 1.165) is 24.2 Å². The van der Waals surface area contributed by atoms with Gasteiger partial charge in [0.1, 0.15) is 18.2 Å². The first-order valence-electron chi connectivity index (χ1n) is 10.0. The fourth-order valence-electron chi connectivity index (χ4n) is 3.43. The van der Waals surface area contributed by atoms with Crippen molar-refractivity contribution in [1.82, 2.24) is 19.5 Å². The lowest BCUT2D eigenvalue weighted by Gasteiger charge is -2.15. The minimum absolute atomic E-state index is 0.159. The van der Waals surface area contributed by atoms with Gasteiger partial charge in [-0.05, 0) is 37.8 Å². The SMILES string of the molecule is COc1cc(Nc2nc(N)c(C3CC3)c(COCC(F)(F)F)n2)ccc1-n1cnc(C)c1. The number of ether oxygens (including phenoxy) is 2. The van der Waals surface area contributed by atoms with Crippen molar-refractivity contribution in [2.75, 3.05) is 24.8 Å². The van der Waals surface area contributed by atoms with Crippen molar-refractivity contribution in [1.29, 1.82) is 0 Å². The topological polar surface area (TPSA) is 100 Å². The molecule has 0 saturated heterocycles. The minimum Gasteiger partial charge on any atom is -0.494 e. The summed E-state index contributed by atoms with van der Waals surface area (Å²) in [5, 5.41) is 3.05. The monoisotopic (exact) mass is 448 g/mol. The lowest BCUT2D eigenvalue weighted by atomic mass is 10.1. The highest BCUT2D eigenvalue weighted by Gasteiger charge is 2.32. The fourth-order valence-corrected chi connectivity index (χ4v) is 3.43. The Hall–Kier alpha value is -3.34. The molecule has 1 aliphatic rings. The van der Waals surface area contributed by atoms with Gasteiger partial charge >= 0.3 is 6.18 Å². The molecule has 0 amide bonds. The lowest BCUT2D eigenvalue weighted by molar-refractivity contribution is -0.176. The molecular weight excluding hydrogens is 425 g/mol. The molecule has 0 bridgehead atoms. The Morgan fingerprint density at radius 3 is 2.66 bits per heavy atom. The molecule has 0 unspecified atom stereocenters. The number of nitrogens with two attached hydrogens (primary N) is 1. The molecule has 4 rings (SSSR count). The van der Waals surface area contributed by atoms with E-state index < -0.39 is 12.8 Å². The fraction of sp³-hybridized carbons (Fsp3) is 0.381. The van der Waals surface area contributed by atoms with Crippen LogP contribution < -0.4 is 15.8 Å². The largest absolute Gasteiger partial charge is 0.494 e. The molecule has 11 heteroatoms. The zero-order chi connectivity index (χ0) is 22.9. The Kier molecular flexibility index (Phi) is 5.92. The minimum atomic E-state index is -4.41. The highest BCUT2D eigenvalue weighted by atomic mass is 19.4. The first-order valence-corrected chi connectivity index (χ1v) is 10.0. The molecule has 0 aliphatic heterocycles. The third-order valence-electron chi connectivity index (χ3n) is 4.97. The number of aryl methyl sites for hydroxylation is 1. The predicted molar refractivity (Wildman–Crippen MR) is 112 cm³/mol. The molecule has 3 aromatic rings. The predicted octanol–water partition coefficient (Wildman–Crippen LogP) is 4.26. The maximum absolute atomic E-state index is 12.5. The number of aromatic nitrogens is 4. The van der Waals surface area contributed by atoms with Gasteiger partial charge in [0.15, 0.2) is 0 Å². The molecule has 1 fully saturated rings. The average Bonchev–Trinajstić information content (AvgIpc) is 3.46. The number of anilines is 3. The van der Waals surface area contributed by atoms with Crippen molar-refractivity contribution in [3.63, 3.8) is 0 Å². The molecule has 170 valence electrons. The molecule has 32 heavy (non-hydrogen) atoms. The van der Waals surface area contributed by atoms with Crippen LogP contribution in [0.1, 0.15) is 35.7 Å². The molecule has 0 spiro atoms. The van der Waals surface area contributed by atoms with Gasteiger partial charge in [-0.3, -0.25) is 0 Å². The van der Waals surface area contributed by atoms with Gasteiger partial charge < -0.3 is 25.1 Å². The maximum Gasteiger partial charge on any atom is 0.411 e. The highest BCUT2D eigenvalue weighted by Crippen LogP contribution is 2.44. The standard InChI is InChI=1S/C21H23F3N6O2/c1-12-8-30(11-26-12)16-6-5-14(7-17(16)31-2)27-20-28-15(9-32-10-21(22,23)24)18(13-3-4-13)19(25)29-20/h5-8,11,13H,3-4,9-10H2,1-2H3,(H3,25,27,28,29). The van der Waals surface area contributed by atoms with Gasteiger partial charge in [-0.1, -0.05) is 0 Å². The number of halogens is 3. The van der Waals surface area contributed by atoms with Gasteiger partial charge in [-0.15, -0.1) is 0 Å². The van der Waals surface area contributed by atoms with Crippen molar-refractivity contribution in [3.05, 3.63) is 47.7 Å². The highest BCUT2D eigenvalue weighted by molar-refractivity contribution is 5.63. The molecule has 1 aromatic carbocycles. The summed E-state index contributed by atoms with van der Waals surface area (Å²) in [6, 6.07) is 5.41. The Morgan fingerprint density at radius 1 is 1.25 bits per heavy atom. The Balaban J connectivity index is 1.58. The van der Waals surface area contributed by atoms with Crippen LogP contribution in [0.5, 0.6) is 5.75 Å². The maximum atomic E-state index is 12.5. The molecular formula is C21H23F3N6O2. The molecule has 8 nitrogen and oxygen atoms in total. The van der Waals surface area contributed by atoms with E-state index in [1.54, 1.807) is 25.6 Å². The third kappa shape index (κ3) is 5.10. The Morgan fingerprint density at radius 2 is 2.03 bits per heavy atom. The van der Waals surface area contributed by atoms with Gasteiger partial charge in [0.25, 0.3) is 0 Å². The van der Waals surface area contributed by atoms with E-state index in [4.69, 9.17) is 15.2 Å². The molecule has 0 radical (unpaired) electrons. The number of benzene rings is 1. The molecule has 1 saturated carbocycles. The van der Waals surface area contributed by atoms with E-state index in [9.17, 15) is 13.2 Å². The summed E-state index contributed by atoms with van der Waals surface area (Å²) in [5.74, 6) is 1.16.